The van der Waals surface area contributed by atoms with Gasteiger partial charge in [0.2, 0.25) is 0 Å². The summed E-state index contributed by atoms with van der Waals surface area (Å²) in [7, 11) is 0. The van der Waals surface area contributed by atoms with Crippen LogP contribution < -0.4 is 0 Å². The van der Waals surface area contributed by atoms with Crippen molar-refractivity contribution in [3.05, 3.63) is 66.4 Å². The fourth-order valence-electron chi connectivity index (χ4n) is 2.02. The summed E-state index contributed by atoms with van der Waals surface area (Å²) in [4.78, 5) is 20.4. The first kappa shape index (κ1) is 11.6. The largest absolute Gasteiger partial charge is 0.307 e. The first-order valence-electron chi connectivity index (χ1n) is 6.19. The van der Waals surface area contributed by atoms with Gasteiger partial charge in [0.1, 0.15) is 5.65 Å². The number of carbonyl (C=O) groups is 1. The van der Waals surface area contributed by atoms with E-state index in [4.69, 9.17) is 0 Å². The van der Waals surface area contributed by atoms with E-state index in [1.54, 1.807) is 24.5 Å². The number of hydrogen-bond acceptors (Lipinski definition) is 3. The molecule has 3 rings (SSSR count). The Bertz CT molecular complexity index is 670. The number of Topliss-reactive ketones (excluding diaryl/α,β-unsaturated/α-hetero) is 1. The fraction of sp³-hybridized carbons (Fsp3) is 0.133. The SMILES string of the molecule is O=C(CCc1cn2ccccc2n1)c1cccnc1. The van der Waals surface area contributed by atoms with Crippen molar-refractivity contribution in [2.45, 2.75) is 12.8 Å². The molecule has 0 bridgehead atoms. The Morgan fingerprint density at radius 1 is 1.21 bits per heavy atom. The van der Waals surface area contributed by atoms with E-state index in [0.717, 1.165) is 11.3 Å². The minimum absolute atomic E-state index is 0.102. The van der Waals surface area contributed by atoms with Crippen LogP contribution in [0.2, 0.25) is 0 Å². The van der Waals surface area contributed by atoms with Gasteiger partial charge >= 0.3 is 0 Å². The molecule has 0 N–H and O–H groups in total. The van der Waals surface area contributed by atoms with Crippen LogP contribution in [-0.4, -0.2) is 20.2 Å². The number of ketones is 1. The lowest BCUT2D eigenvalue weighted by atomic mass is 10.1. The summed E-state index contributed by atoms with van der Waals surface area (Å²) in [5.74, 6) is 0.102. The zero-order valence-corrected chi connectivity index (χ0v) is 10.4. The van der Waals surface area contributed by atoms with Crippen molar-refractivity contribution in [2.24, 2.45) is 0 Å². The normalized spacial score (nSPS) is 10.7. The van der Waals surface area contributed by atoms with Gasteiger partial charge in [0.05, 0.1) is 5.69 Å². The highest BCUT2D eigenvalue weighted by Gasteiger charge is 2.07. The third-order valence-electron chi connectivity index (χ3n) is 3.01. The lowest BCUT2D eigenvalue weighted by Crippen LogP contribution is -2.01. The third kappa shape index (κ3) is 2.52. The Kier molecular flexibility index (Phi) is 3.06. The standard InChI is InChI=1S/C15H13N3O/c19-14(12-4-3-8-16-10-12)7-6-13-11-18-9-2-1-5-15(18)17-13/h1-5,8-11H,6-7H2. The predicted molar refractivity (Wildman–Crippen MR) is 72.1 cm³/mol. The second-order valence-electron chi connectivity index (χ2n) is 4.36. The van der Waals surface area contributed by atoms with E-state index in [-0.39, 0.29) is 5.78 Å². The van der Waals surface area contributed by atoms with Crippen LogP contribution in [0.1, 0.15) is 22.5 Å². The van der Waals surface area contributed by atoms with Crippen LogP contribution in [0.25, 0.3) is 5.65 Å². The molecule has 0 fully saturated rings. The van der Waals surface area contributed by atoms with E-state index in [0.29, 0.717) is 18.4 Å². The molecule has 4 heteroatoms. The van der Waals surface area contributed by atoms with Crippen LogP contribution in [0.3, 0.4) is 0 Å². The molecule has 0 aliphatic carbocycles. The van der Waals surface area contributed by atoms with Gasteiger partial charge in [0.15, 0.2) is 5.78 Å². The molecule has 3 heterocycles. The summed E-state index contributed by atoms with van der Waals surface area (Å²) < 4.78 is 1.96. The summed E-state index contributed by atoms with van der Waals surface area (Å²) in [6, 6.07) is 9.43. The van der Waals surface area contributed by atoms with E-state index in [2.05, 4.69) is 9.97 Å². The first-order valence-corrected chi connectivity index (χ1v) is 6.19. The molecule has 3 aromatic heterocycles. The molecule has 0 aliphatic rings. The second-order valence-corrected chi connectivity index (χ2v) is 4.36. The van der Waals surface area contributed by atoms with Crippen molar-refractivity contribution in [3.63, 3.8) is 0 Å². The maximum absolute atomic E-state index is 12.0. The van der Waals surface area contributed by atoms with Crippen molar-refractivity contribution < 1.29 is 4.79 Å². The highest BCUT2D eigenvalue weighted by Crippen LogP contribution is 2.09. The summed E-state index contributed by atoms with van der Waals surface area (Å²) in [5.41, 5.74) is 2.50. The number of aryl methyl sites for hydroxylation is 1. The lowest BCUT2D eigenvalue weighted by molar-refractivity contribution is 0.0982. The van der Waals surface area contributed by atoms with E-state index >= 15 is 0 Å². The van der Waals surface area contributed by atoms with Gasteiger partial charge in [-0.15, -0.1) is 0 Å². The van der Waals surface area contributed by atoms with E-state index in [9.17, 15) is 4.79 Å². The highest BCUT2D eigenvalue weighted by molar-refractivity contribution is 5.95. The number of hydrogen-bond donors (Lipinski definition) is 0. The van der Waals surface area contributed by atoms with Crippen LogP contribution in [-0.2, 0) is 6.42 Å². The van der Waals surface area contributed by atoms with Crippen molar-refractivity contribution in [2.75, 3.05) is 0 Å². The molecule has 0 atom stereocenters. The monoisotopic (exact) mass is 251 g/mol. The molecule has 0 aromatic carbocycles. The van der Waals surface area contributed by atoms with Gasteiger partial charge in [-0.1, -0.05) is 6.07 Å². The van der Waals surface area contributed by atoms with Gasteiger partial charge in [0, 0.05) is 36.8 Å². The van der Waals surface area contributed by atoms with Crippen molar-refractivity contribution in [3.8, 4) is 0 Å². The maximum Gasteiger partial charge on any atom is 0.164 e. The number of pyridine rings is 2. The van der Waals surface area contributed by atoms with Gasteiger partial charge in [-0.2, -0.15) is 0 Å². The topological polar surface area (TPSA) is 47.3 Å². The van der Waals surface area contributed by atoms with Gasteiger partial charge in [-0.05, 0) is 30.7 Å². The molecule has 0 radical (unpaired) electrons. The van der Waals surface area contributed by atoms with Gasteiger partial charge in [-0.25, -0.2) is 4.98 Å². The van der Waals surface area contributed by atoms with E-state index in [1.165, 1.54) is 0 Å². The average molecular weight is 251 g/mol. The molecular weight excluding hydrogens is 238 g/mol. The summed E-state index contributed by atoms with van der Waals surface area (Å²) in [6.07, 6.45) is 8.29. The van der Waals surface area contributed by atoms with E-state index < -0.39 is 0 Å². The fourth-order valence-corrected chi connectivity index (χ4v) is 2.02. The quantitative estimate of drug-likeness (QED) is 0.669. The third-order valence-corrected chi connectivity index (χ3v) is 3.01. The Labute approximate surface area is 110 Å². The lowest BCUT2D eigenvalue weighted by Gasteiger charge is -1.98. The number of nitrogens with zero attached hydrogens (tertiary/aromatic N) is 3. The number of carbonyl (C=O) groups excluding carboxylic acids is 1. The molecule has 94 valence electrons. The summed E-state index contributed by atoms with van der Waals surface area (Å²) in [6.45, 7) is 0. The minimum atomic E-state index is 0.102. The van der Waals surface area contributed by atoms with Crippen LogP contribution in [0.4, 0.5) is 0 Å². The van der Waals surface area contributed by atoms with Gasteiger partial charge in [-0.3, -0.25) is 9.78 Å². The summed E-state index contributed by atoms with van der Waals surface area (Å²) >= 11 is 0. The van der Waals surface area contributed by atoms with Gasteiger partial charge < -0.3 is 4.40 Å². The molecule has 19 heavy (non-hydrogen) atoms. The van der Waals surface area contributed by atoms with Crippen LogP contribution >= 0.6 is 0 Å². The smallest absolute Gasteiger partial charge is 0.164 e. The van der Waals surface area contributed by atoms with Crippen LogP contribution in [0.15, 0.2) is 55.1 Å². The Morgan fingerprint density at radius 2 is 2.16 bits per heavy atom. The van der Waals surface area contributed by atoms with Crippen molar-refractivity contribution in [1.29, 1.82) is 0 Å². The molecule has 3 aromatic rings. The number of fused-ring (bicyclic) bond motifs is 1. The molecule has 0 amide bonds. The maximum atomic E-state index is 12.0. The highest BCUT2D eigenvalue weighted by atomic mass is 16.1. The van der Waals surface area contributed by atoms with Crippen LogP contribution in [0, 0.1) is 0 Å². The van der Waals surface area contributed by atoms with Crippen LogP contribution in [0.5, 0.6) is 0 Å². The van der Waals surface area contributed by atoms with Crippen molar-refractivity contribution >= 4 is 11.4 Å². The molecule has 0 aliphatic heterocycles. The Balaban J connectivity index is 1.71. The molecule has 0 spiro atoms. The summed E-state index contributed by atoms with van der Waals surface area (Å²) in [5, 5.41) is 0. The second kappa shape index (κ2) is 5.02. The number of imidazole rings is 1. The molecular formula is C15H13N3O. The average Bonchev–Trinajstić information content (AvgIpc) is 2.88. The zero-order valence-electron chi connectivity index (χ0n) is 10.4. The Hall–Kier alpha value is -2.49. The molecule has 0 saturated heterocycles. The number of aromatic nitrogens is 3. The predicted octanol–water partition coefficient (Wildman–Crippen LogP) is 2.54. The minimum Gasteiger partial charge on any atom is -0.307 e. The molecule has 0 saturated carbocycles. The van der Waals surface area contributed by atoms with E-state index in [1.807, 2.05) is 35.0 Å². The number of rotatable bonds is 4. The van der Waals surface area contributed by atoms with Gasteiger partial charge in [0.25, 0.3) is 0 Å². The zero-order chi connectivity index (χ0) is 13.1. The first-order chi connectivity index (χ1) is 9.33. The molecule has 0 unspecified atom stereocenters. The molecule has 4 nitrogen and oxygen atoms in total. The van der Waals surface area contributed by atoms with Crippen molar-refractivity contribution in [1.82, 2.24) is 14.4 Å². The Morgan fingerprint density at radius 3 is 2.95 bits per heavy atom.